The van der Waals surface area contributed by atoms with Gasteiger partial charge in [0.1, 0.15) is 12.8 Å². The Balaban J connectivity index is 1.71. The van der Waals surface area contributed by atoms with Crippen LogP contribution < -0.4 is 5.32 Å². The standard InChI is InChI=1S/C16H22FNO2/c1-12(14-7-9-15(17)10-8-14)18-16(19)20-11-13-5-3-2-4-6-13/h2-6,12,14-15H,7-11H2,1H3,(H,18,19). The quantitative estimate of drug-likeness (QED) is 0.909. The highest BCUT2D eigenvalue weighted by Gasteiger charge is 2.26. The molecule has 1 N–H and O–H groups in total. The van der Waals surface area contributed by atoms with Crippen LogP contribution in [0.5, 0.6) is 0 Å². The van der Waals surface area contributed by atoms with Crippen molar-refractivity contribution in [3.05, 3.63) is 35.9 Å². The molecule has 1 unspecified atom stereocenters. The minimum absolute atomic E-state index is 0.0331. The van der Waals surface area contributed by atoms with Gasteiger partial charge in [-0.15, -0.1) is 0 Å². The van der Waals surface area contributed by atoms with Crippen molar-refractivity contribution in [2.75, 3.05) is 0 Å². The Bertz CT molecular complexity index is 416. The van der Waals surface area contributed by atoms with Gasteiger partial charge in [-0.05, 0) is 44.1 Å². The lowest BCUT2D eigenvalue weighted by Crippen LogP contribution is -2.40. The van der Waals surface area contributed by atoms with Gasteiger partial charge < -0.3 is 10.1 Å². The smallest absolute Gasteiger partial charge is 0.407 e. The number of alkyl carbamates (subject to hydrolysis) is 1. The van der Waals surface area contributed by atoms with Crippen LogP contribution in [0.1, 0.15) is 38.2 Å². The summed E-state index contributed by atoms with van der Waals surface area (Å²) in [6.45, 7) is 2.24. The molecule has 0 bridgehead atoms. The molecule has 1 fully saturated rings. The lowest BCUT2D eigenvalue weighted by atomic mass is 9.84. The highest BCUT2D eigenvalue weighted by molar-refractivity contribution is 5.67. The molecule has 0 spiro atoms. The maximum Gasteiger partial charge on any atom is 0.407 e. The number of ether oxygens (including phenoxy) is 1. The van der Waals surface area contributed by atoms with Gasteiger partial charge in [0.25, 0.3) is 0 Å². The number of nitrogens with one attached hydrogen (secondary N) is 1. The Morgan fingerprint density at radius 3 is 2.60 bits per heavy atom. The van der Waals surface area contributed by atoms with E-state index in [0.717, 1.165) is 18.4 Å². The van der Waals surface area contributed by atoms with E-state index < -0.39 is 12.3 Å². The molecular formula is C16H22FNO2. The first-order valence-corrected chi connectivity index (χ1v) is 7.26. The molecule has 3 nitrogen and oxygen atoms in total. The van der Waals surface area contributed by atoms with Crippen molar-refractivity contribution in [3.63, 3.8) is 0 Å². The largest absolute Gasteiger partial charge is 0.445 e. The van der Waals surface area contributed by atoms with Crippen molar-refractivity contribution in [2.45, 2.75) is 51.4 Å². The fourth-order valence-electron chi connectivity index (χ4n) is 2.65. The molecule has 20 heavy (non-hydrogen) atoms. The molecule has 1 aliphatic carbocycles. The third kappa shape index (κ3) is 4.51. The Kier molecular flexibility index (Phi) is 5.39. The molecule has 1 amide bonds. The first-order chi connectivity index (χ1) is 9.65. The highest BCUT2D eigenvalue weighted by atomic mass is 19.1. The van der Waals surface area contributed by atoms with Crippen molar-refractivity contribution >= 4 is 6.09 Å². The molecule has 0 aliphatic heterocycles. The van der Waals surface area contributed by atoms with E-state index in [1.54, 1.807) is 0 Å². The van der Waals surface area contributed by atoms with Gasteiger partial charge in [0.05, 0.1) is 0 Å². The van der Waals surface area contributed by atoms with E-state index in [9.17, 15) is 9.18 Å². The average Bonchev–Trinajstić information content (AvgIpc) is 2.47. The molecule has 0 heterocycles. The van der Waals surface area contributed by atoms with Crippen LogP contribution in [0.2, 0.25) is 0 Å². The summed E-state index contributed by atoms with van der Waals surface area (Å²) in [4.78, 5) is 11.7. The molecule has 1 aromatic carbocycles. The van der Waals surface area contributed by atoms with E-state index in [2.05, 4.69) is 5.32 Å². The monoisotopic (exact) mass is 279 g/mol. The molecule has 2 rings (SSSR count). The van der Waals surface area contributed by atoms with Gasteiger partial charge in [0.2, 0.25) is 0 Å². The van der Waals surface area contributed by atoms with Crippen LogP contribution in [0.15, 0.2) is 30.3 Å². The second kappa shape index (κ2) is 7.27. The topological polar surface area (TPSA) is 38.3 Å². The lowest BCUT2D eigenvalue weighted by molar-refractivity contribution is 0.126. The summed E-state index contributed by atoms with van der Waals surface area (Å²) < 4.78 is 18.3. The third-order valence-corrected chi connectivity index (χ3v) is 3.97. The number of rotatable bonds is 4. The van der Waals surface area contributed by atoms with E-state index in [1.165, 1.54) is 0 Å². The highest BCUT2D eigenvalue weighted by Crippen LogP contribution is 2.28. The van der Waals surface area contributed by atoms with Crippen LogP contribution in [-0.2, 0) is 11.3 Å². The summed E-state index contributed by atoms with van der Waals surface area (Å²) in [5, 5.41) is 2.85. The van der Waals surface area contributed by atoms with Crippen molar-refractivity contribution in [1.29, 1.82) is 0 Å². The zero-order valence-corrected chi connectivity index (χ0v) is 11.8. The molecule has 110 valence electrons. The molecule has 0 aromatic heterocycles. The average molecular weight is 279 g/mol. The van der Waals surface area contributed by atoms with E-state index in [4.69, 9.17) is 4.74 Å². The van der Waals surface area contributed by atoms with E-state index in [1.807, 2.05) is 37.3 Å². The Hall–Kier alpha value is -1.58. The Labute approximate surface area is 119 Å². The van der Waals surface area contributed by atoms with Gasteiger partial charge in [0.15, 0.2) is 0 Å². The predicted molar refractivity (Wildman–Crippen MR) is 76.1 cm³/mol. The molecule has 1 aromatic rings. The minimum Gasteiger partial charge on any atom is -0.445 e. The second-order valence-electron chi connectivity index (χ2n) is 5.51. The number of hydrogen-bond donors (Lipinski definition) is 1. The van der Waals surface area contributed by atoms with Gasteiger partial charge in [-0.25, -0.2) is 9.18 Å². The number of carbonyl (C=O) groups is 1. The summed E-state index contributed by atoms with van der Waals surface area (Å²) in [5.74, 6) is 0.353. The maximum absolute atomic E-state index is 13.1. The second-order valence-corrected chi connectivity index (χ2v) is 5.51. The zero-order chi connectivity index (χ0) is 14.4. The fourth-order valence-corrected chi connectivity index (χ4v) is 2.65. The van der Waals surface area contributed by atoms with Crippen molar-refractivity contribution < 1.29 is 13.9 Å². The normalized spacial score (nSPS) is 23.9. The van der Waals surface area contributed by atoms with Crippen LogP contribution >= 0.6 is 0 Å². The number of amides is 1. The predicted octanol–water partition coefficient (Wildman–Crippen LogP) is 3.83. The van der Waals surface area contributed by atoms with Crippen molar-refractivity contribution in [2.24, 2.45) is 5.92 Å². The lowest BCUT2D eigenvalue weighted by Gasteiger charge is -2.29. The van der Waals surface area contributed by atoms with Crippen LogP contribution in [0.25, 0.3) is 0 Å². The number of carbonyl (C=O) groups excluding carboxylic acids is 1. The number of alkyl halides is 1. The summed E-state index contributed by atoms with van der Waals surface area (Å²) in [7, 11) is 0. The van der Waals surface area contributed by atoms with Gasteiger partial charge in [-0.1, -0.05) is 30.3 Å². The van der Waals surface area contributed by atoms with Crippen LogP contribution in [-0.4, -0.2) is 18.3 Å². The molecular weight excluding hydrogens is 257 g/mol. The first kappa shape index (κ1) is 14.8. The Morgan fingerprint density at radius 2 is 1.95 bits per heavy atom. The van der Waals surface area contributed by atoms with Crippen LogP contribution in [0.3, 0.4) is 0 Å². The van der Waals surface area contributed by atoms with Crippen LogP contribution in [0, 0.1) is 5.92 Å². The van der Waals surface area contributed by atoms with Crippen LogP contribution in [0.4, 0.5) is 9.18 Å². The van der Waals surface area contributed by atoms with Crippen molar-refractivity contribution in [1.82, 2.24) is 5.32 Å². The summed E-state index contributed by atoms with van der Waals surface area (Å²) in [6, 6.07) is 9.61. The van der Waals surface area contributed by atoms with Gasteiger partial charge in [-0.3, -0.25) is 0 Å². The number of hydrogen-bond acceptors (Lipinski definition) is 2. The van der Waals surface area contributed by atoms with E-state index >= 15 is 0 Å². The molecule has 1 atom stereocenters. The SMILES string of the molecule is CC(NC(=O)OCc1ccccc1)C1CCC(F)CC1. The van der Waals surface area contributed by atoms with Gasteiger partial charge in [-0.2, -0.15) is 0 Å². The molecule has 1 aliphatic rings. The minimum atomic E-state index is -0.663. The van der Waals surface area contributed by atoms with Gasteiger partial charge in [0, 0.05) is 6.04 Å². The molecule has 0 saturated heterocycles. The third-order valence-electron chi connectivity index (χ3n) is 3.97. The molecule has 4 heteroatoms. The molecule has 0 radical (unpaired) electrons. The van der Waals surface area contributed by atoms with E-state index in [0.29, 0.717) is 18.8 Å². The first-order valence-electron chi connectivity index (χ1n) is 7.26. The van der Waals surface area contributed by atoms with E-state index in [-0.39, 0.29) is 12.6 Å². The maximum atomic E-state index is 13.1. The molecule has 1 saturated carbocycles. The summed E-state index contributed by atoms with van der Waals surface area (Å²) in [5.41, 5.74) is 0.966. The van der Waals surface area contributed by atoms with Crippen molar-refractivity contribution in [3.8, 4) is 0 Å². The zero-order valence-electron chi connectivity index (χ0n) is 11.8. The fraction of sp³-hybridized carbons (Fsp3) is 0.562. The number of benzene rings is 1. The summed E-state index contributed by atoms with van der Waals surface area (Å²) in [6.07, 6.45) is 1.82. The van der Waals surface area contributed by atoms with Gasteiger partial charge >= 0.3 is 6.09 Å². The summed E-state index contributed by atoms with van der Waals surface area (Å²) >= 11 is 0. The Morgan fingerprint density at radius 1 is 1.30 bits per heavy atom. The number of halogens is 1.